The summed E-state index contributed by atoms with van der Waals surface area (Å²) in [5.74, 6) is 1.46. The number of aryl methyl sites for hydroxylation is 1. The van der Waals surface area contributed by atoms with Crippen LogP contribution in [-0.4, -0.2) is 23.8 Å². The second-order valence-electron chi connectivity index (χ2n) is 5.65. The molecule has 1 amide bonds. The first-order chi connectivity index (χ1) is 11.7. The van der Waals surface area contributed by atoms with E-state index < -0.39 is 0 Å². The lowest BCUT2D eigenvalue weighted by atomic mass is 10.1. The van der Waals surface area contributed by atoms with Crippen LogP contribution in [0.3, 0.4) is 0 Å². The van der Waals surface area contributed by atoms with Crippen LogP contribution < -0.4 is 9.64 Å². The largest absolute Gasteiger partial charge is 0.497 e. The highest BCUT2D eigenvalue weighted by Crippen LogP contribution is 2.43. The maximum Gasteiger partial charge on any atom is 0.240 e. The molecule has 1 aliphatic heterocycles. The summed E-state index contributed by atoms with van der Waals surface area (Å²) in [5.41, 5.74) is 1.12. The topological polar surface area (TPSA) is 42.4 Å². The monoisotopic (exact) mass is 356 g/mol. The quantitative estimate of drug-likeness (QED) is 0.698. The van der Waals surface area contributed by atoms with Crippen LogP contribution in [0.5, 0.6) is 5.75 Å². The lowest BCUT2D eigenvalue weighted by molar-refractivity contribution is -0.115. The second kappa shape index (κ2) is 6.11. The zero-order valence-electron chi connectivity index (χ0n) is 13.4. The van der Waals surface area contributed by atoms with Crippen LogP contribution in [0, 0.1) is 6.92 Å². The van der Waals surface area contributed by atoms with Gasteiger partial charge in [-0.15, -0.1) is 23.1 Å². The van der Waals surface area contributed by atoms with Crippen molar-refractivity contribution in [1.29, 1.82) is 0 Å². The van der Waals surface area contributed by atoms with E-state index in [2.05, 4.69) is 29.2 Å². The lowest BCUT2D eigenvalue weighted by Gasteiger charge is -2.21. The fraction of sp³-hybridized carbons (Fsp3) is 0.222. The summed E-state index contributed by atoms with van der Waals surface area (Å²) < 4.78 is 5.28. The Labute approximate surface area is 148 Å². The van der Waals surface area contributed by atoms with Gasteiger partial charge in [0.2, 0.25) is 5.91 Å². The van der Waals surface area contributed by atoms with E-state index in [0.29, 0.717) is 5.75 Å². The second-order valence-corrected chi connectivity index (χ2v) is 7.93. The van der Waals surface area contributed by atoms with Crippen molar-refractivity contribution in [2.45, 2.75) is 12.3 Å². The van der Waals surface area contributed by atoms with Crippen molar-refractivity contribution in [3.8, 4) is 5.75 Å². The predicted octanol–water partition coefficient (Wildman–Crippen LogP) is 4.39. The number of hydrogen-bond acceptors (Lipinski definition) is 5. The number of nitrogens with zero attached hydrogens (tertiary/aromatic N) is 2. The maximum atomic E-state index is 12.4. The SMILES string of the molecule is COc1ccc2cc([C@H]3SCC(=O)N3c3ncc(C)s3)ccc2c1. The van der Waals surface area contributed by atoms with Gasteiger partial charge in [-0.1, -0.05) is 18.2 Å². The van der Waals surface area contributed by atoms with Gasteiger partial charge < -0.3 is 4.74 Å². The smallest absolute Gasteiger partial charge is 0.240 e. The molecule has 1 aliphatic rings. The average Bonchev–Trinajstić information content (AvgIpc) is 3.19. The first kappa shape index (κ1) is 15.5. The standard InChI is InChI=1S/C18H16N2O2S2/c1-11-9-19-18(24-11)20-16(21)10-23-17(20)14-4-3-13-8-15(22-2)6-5-12(13)7-14/h3-9,17H,10H2,1-2H3/t17-/m1/s1. The van der Waals surface area contributed by atoms with Gasteiger partial charge in [0.15, 0.2) is 5.13 Å². The molecule has 1 aromatic heterocycles. The number of fused-ring (bicyclic) bond motifs is 1. The zero-order valence-corrected chi connectivity index (χ0v) is 15.0. The van der Waals surface area contributed by atoms with E-state index in [1.165, 1.54) is 0 Å². The van der Waals surface area contributed by atoms with Crippen LogP contribution in [-0.2, 0) is 4.79 Å². The predicted molar refractivity (Wildman–Crippen MR) is 100 cm³/mol. The molecule has 0 saturated carbocycles. The van der Waals surface area contributed by atoms with Crippen LogP contribution in [0.2, 0.25) is 0 Å². The molecule has 2 aromatic carbocycles. The summed E-state index contributed by atoms with van der Waals surface area (Å²) in [4.78, 5) is 19.7. The maximum absolute atomic E-state index is 12.4. The van der Waals surface area contributed by atoms with Crippen molar-refractivity contribution in [2.24, 2.45) is 0 Å². The molecule has 0 N–H and O–H groups in total. The molecule has 1 fully saturated rings. The van der Waals surface area contributed by atoms with Gasteiger partial charge in [0.05, 0.1) is 12.9 Å². The first-order valence-electron chi connectivity index (χ1n) is 7.59. The Hall–Kier alpha value is -2.05. The molecule has 3 aromatic rings. The van der Waals surface area contributed by atoms with Crippen molar-refractivity contribution in [2.75, 3.05) is 17.8 Å². The third kappa shape index (κ3) is 2.65. The fourth-order valence-electron chi connectivity index (χ4n) is 2.85. The molecule has 4 rings (SSSR count). The summed E-state index contributed by atoms with van der Waals surface area (Å²) in [6.07, 6.45) is 1.82. The number of thiazole rings is 1. The molecule has 0 unspecified atom stereocenters. The number of amides is 1. The number of ether oxygens (including phenoxy) is 1. The van der Waals surface area contributed by atoms with E-state index in [1.54, 1.807) is 30.2 Å². The van der Waals surface area contributed by atoms with Gasteiger partial charge in [0, 0.05) is 11.1 Å². The molecule has 0 aliphatic carbocycles. The van der Waals surface area contributed by atoms with E-state index in [-0.39, 0.29) is 11.3 Å². The molecular weight excluding hydrogens is 340 g/mol. The minimum Gasteiger partial charge on any atom is -0.497 e. The van der Waals surface area contributed by atoms with E-state index in [1.807, 2.05) is 30.2 Å². The van der Waals surface area contributed by atoms with Crippen molar-refractivity contribution in [1.82, 2.24) is 4.98 Å². The Morgan fingerprint density at radius 3 is 2.75 bits per heavy atom. The third-order valence-electron chi connectivity index (χ3n) is 4.04. The van der Waals surface area contributed by atoms with E-state index in [0.717, 1.165) is 32.1 Å². The Morgan fingerprint density at radius 1 is 1.21 bits per heavy atom. The molecule has 0 radical (unpaired) electrons. The average molecular weight is 356 g/mol. The van der Waals surface area contributed by atoms with Crippen LogP contribution in [0.15, 0.2) is 42.6 Å². The number of aromatic nitrogens is 1. The molecule has 2 heterocycles. The van der Waals surface area contributed by atoms with Crippen molar-refractivity contribution in [3.05, 3.63) is 53.0 Å². The zero-order chi connectivity index (χ0) is 16.7. The Balaban J connectivity index is 1.74. The highest BCUT2D eigenvalue weighted by molar-refractivity contribution is 8.00. The van der Waals surface area contributed by atoms with Gasteiger partial charge in [0.25, 0.3) is 0 Å². The summed E-state index contributed by atoms with van der Waals surface area (Å²) in [7, 11) is 1.67. The van der Waals surface area contributed by atoms with Crippen molar-refractivity contribution >= 4 is 44.9 Å². The third-order valence-corrected chi connectivity index (χ3v) is 6.16. The number of anilines is 1. The molecule has 0 bridgehead atoms. The Morgan fingerprint density at radius 2 is 2.00 bits per heavy atom. The molecule has 1 saturated heterocycles. The number of carbonyl (C=O) groups is 1. The van der Waals surface area contributed by atoms with Crippen LogP contribution in [0.1, 0.15) is 15.8 Å². The summed E-state index contributed by atoms with van der Waals surface area (Å²) >= 11 is 3.21. The number of thioether (sulfide) groups is 1. The normalized spacial score (nSPS) is 17.7. The van der Waals surface area contributed by atoms with Crippen LogP contribution >= 0.6 is 23.1 Å². The number of rotatable bonds is 3. The summed E-state index contributed by atoms with van der Waals surface area (Å²) in [6.45, 7) is 2.01. The van der Waals surface area contributed by atoms with Crippen LogP contribution in [0.25, 0.3) is 10.8 Å². The Bertz CT molecular complexity index is 922. The van der Waals surface area contributed by atoms with E-state index >= 15 is 0 Å². The van der Waals surface area contributed by atoms with Gasteiger partial charge in [-0.2, -0.15) is 0 Å². The highest BCUT2D eigenvalue weighted by atomic mass is 32.2. The molecule has 6 heteroatoms. The van der Waals surface area contributed by atoms with Gasteiger partial charge in [0.1, 0.15) is 11.1 Å². The van der Waals surface area contributed by atoms with Crippen LogP contribution in [0.4, 0.5) is 5.13 Å². The number of benzene rings is 2. The van der Waals surface area contributed by atoms with E-state index in [9.17, 15) is 4.79 Å². The number of carbonyl (C=O) groups excluding carboxylic acids is 1. The lowest BCUT2D eigenvalue weighted by Crippen LogP contribution is -2.27. The molecular formula is C18H16N2O2S2. The molecule has 4 nitrogen and oxygen atoms in total. The fourth-order valence-corrected chi connectivity index (χ4v) is 4.87. The number of hydrogen-bond donors (Lipinski definition) is 0. The van der Waals surface area contributed by atoms with Crippen molar-refractivity contribution < 1.29 is 9.53 Å². The van der Waals surface area contributed by atoms with Gasteiger partial charge >= 0.3 is 0 Å². The summed E-state index contributed by atoms with van der Waals surface area (Å²) in [6, 6.07) is 12.4. The van der Waals surface area contributed by atoms with E-state index in [4.69, 9.17) is 4.74 Å². The molecule has 1 atom stereocenters. The molecule has 0 spiro atoms. The first-order valence-corrected chi connectivity index (χ1v) is 9.46. The molecule has 24 heavy (non-hydrogen) atoms. The van der Waals surface area contributed by atoms with Crippen molar-refractivity contribution in [3.63, 3.8) is 0 Å². The Kier molecular flexibility index (Phi) is 3.94. The summed E-state index contributed by atoms with van der Waals surface area (Å²) in [5, 5.41) is 3.03. The molecule has 122 valence electrons. The number of methoxy groups -OCH3 is 1. The minimum atomic E-state index is -0.0189. The van der Waals surface area contributed by atoms with Gasteiger partial charge in [-0.3, -0.25) is 9.69 Å². The van der Waals surface area contributed by atoms with Gasteiger partial charge in [-0.05, 0) is 41.5 Å². The highest BCUT2D eigenvalue weighted by Gasteiger charge is 2.35. The minimum absolute atomic E-state index is 0.0189. The van der Waals surface area contributed by atoms with Gasteiger partial charge in [-0.25, -0.2) is 4.98 Å².